The molecule has 164 valence electrons. The molecule has 1 aliphatic heterocycles. The van der Waals surface area contributed by atoms with Gasteiger partial charge in [0.1, 0.15) is 0 Å². The minimum absolute atomic E-state index is 0.430. The zero-order valence-electron chi connectivity index (χ0n) is 18.3. The van der Waals surface area contributed by atoms with Gasteiger partial charge in [-0.25, -0.2) is 14.4 Å². The number of nitrogens with zero attached hydrogens (tertiary/aromatic N) is 3. The van der Waals surface area contributed by atoms with Crippen molar-refractivity contribution in [1.29, 1.82) is 0 Å². The second-order valence-electron chi connectivity index (χ2n) is 7.93. The molecule has 2 aromatic heterocycles. The maximum atomic E-state index is 12.1. The lowest BCUT2D eigenvalue weighted by molar-refractivity contribution is 0.233. The quantitative estimate of drug-likeness (QED) is 0.561. The number of hydrogen-bond acceptors (Lipinski definition) is 5. The highest BCUT2D eigenvalue weighted by Crippen LogP contribution is 2.17. The summed E-state index contributed by atoms with van der Waals surface area (Å²) in [5.74, 6) is 0.923. The van der Waals surface area contributed by atoms with E-state index in [0.717, 1.165) is 31.3 Å². The van der Waals surface area contributed by atoms with Gasteiger partial charge in [0.25, 0.3) is 0 Å². The molecule has 1 unspecified atom stereocenters. The van der Waals surface area contributed by atoms with Crippen LogP contribution in [-0.4, -0.2) is 46.0 Å². The first-order valence-electron chi connectivity index (χ1n) is 10.5. The van der Waals surface area contributed by atoms with E-state index in [1.54, 1.807) is 0 Å². The molecule has 3 N–H and O–H groups in total. The van der Waals surface area contributed by atoms with Crippen molar-refractivity contribution >= 4 is 17.0 Å². The van der Waals surface area contributed by atoms with Gasteiger partial charge in [-0.3, -0.25) is 0 Å². The fourth-order valence-corrected chi connectivity index (χ4v) is 3.62. The van der Waals surface area contributed by atoms with Crippen molar-refractivity contribution in [3.8, 4) is 0 Å². The Hall–Kier alpha value is -3.19. The number of nitrogens with one attached hydrogen (secondary N) is 3. The van der Waals surface area contributed by atoms with E-state index < -0.39 is 5.82 Å². The number of likely N-dealkylation sites (tertiary alicyclic amines) is 1. The van der Waals surface area contributed by atoms with Crippen LogP contribution >= 0.6 is 0 Å². The summed E-state index contributed by atoms with van der Waals surface area (Å²) in [6.45, 7) is 12.7. The molecule has 0 saturated carbocycles. The number of aromatic amines is 1. The Morgan fingerprint density at radius 2 is 2.10 bits per heavy atom. The highest BCUT2D eigenvalue weighted by Gasteiger charge is 2.16. The third kappa shape index (κ3) is 6.93. The molecular weight excluding hydrogens is 391 g/mol. The van der Waals surface area contributed by atoms with Crippen molar-refractivity contribution in [1.82, 2.24) is 30.5 Å². The Bertz CT molecular complexity index is 1010. The van der Waals surface area contributed by atoms with Crippen LogP contribution in [0.25, 0.3) is 17.0 Å². The molecule has 0 spiro atoms. The van der Waals surface area contributed by atoms with Gasteiger partial charge in [-0.1, -0.05) is 24.8 Å². The van der Waals surface area contributed by atoms with E-state index in [1.165, 1.54) is 47.6 Å². The molecule has 1 fully saturated rings. The van der Waals surface area contributed by atoms with Gasteiger partial charge in [0.2, 0.25) is 0 Å². The maximum absolute atomic E-state index is 12.1. The van der Waals surface area contributed by atoms with E-state index in [2.05, 4.69) is 81.9 Å². The van der Waals surface area contributed by atoms with Crippen LogP contribution in [0.1, 0.15) is 29.9 Å². The Labute approximate surface area is 183 Å². The largest absolute Gasteiger partial charge is 0.368 e. The first-order valence-corrected chi connectivity index (χ1v) is 10.5. The van der Waals surface area contributed by atoms with E-state index in [9.17, 15) is 4.39 Å². The average Bonchev–Trinajstić information content (AvgIpc) is 3.15. The summed E-state index contributed by atoms with van der Waals surface area (Å²) in [6, 6.07) is 9.19. The Balaban J connectivity index is 0.000000254. The number of halogens is 1. The number of likely N-dealkylation sites (N-methyl/N-ethyl adjacent to an activating group) is 1. The smallest absolute Gasteiger partial charge is 0.159 e. The predicted molar refractivity (Wildman–Crippen MR) is 125 cm³/mol. The first-order chi connectivity index (χ1) is 14.9. The topological polar surface area (TPSA) is 68.9 Å². The molecule has 0 bridgehead atoms. The van der Waals surface area contributed by atoms with Crippen LogP contribution < -0.4 is 10.6 Å². The monoisotopic (exact) mass is 422 g/mol. The van der Waals surface area contributed by atoms with E-state index in [1.807, 2.05) is 0 Å². The van der Waals surface area contributed by atoms with Gasteiger partial charge in [-0.2, -0.15) is 0 Å². The van der Waals surface area contributed by atoms with Crippen molar-refractivity contribution in [2.45, 2.75) is 32.4 Å². The first kappa shape index (κ1) is 22.5. The minimum Gasteiger partial charge on any atom is -0.368 e. The van der Waals surface area contributed by atoms with Gasteiger partial charge >= 0.3 is 0 Å². The van der Waals surface area contributed by atoms with Gasteiger partial charge in [-0.15, -0.1) is 0 Å². The highest BCUT2D eigenvalue weighted by atomic mass is 19.1. The van der Waals surface area contributed by atoms with Gasteiger partial charge in [-0.05, 0) is 63.0 Å². The molecule has 1 atom stereocenters. The summed E-state index contributed by atoms with van der Waals surface area (Å²) in [5, 5.41) is 8.15. The van der Waals surface area contributed by atoms with Gasteiger partial charge in [0, 0.05) is 23.8 Å². The average molecular weight is 423 g/mol. The van der Waals surface area contributed by atoms with Crippen molar-refractivity contribution < 1.29 is 4.39 Å². The zero-order valence-corrected chi connectivity index (χ0v) is 18.3. The predicted octanol–water partition coefficient (Wildman–Crippen LogP) is 3.98. The molecule has 7 heteroatoms. The minimum atomic E-state index is -0.430. The second-order valence-corrected chi connectivity index (χ2v) is 7.93. The molecule has 0 aliphatic carbocycles. The Kier molecular flexibility index (Phi) is 7.78. The van der Waals surface area contributed by atoms with Crippen LogP contribution in [0, 0.1) is 12.7 Å². The number of hydrogen-bond donors (Lipinski definition) is 3. The summed E-state index contributed by atoms with van der Waals surface area (Å²) < 4.78 is 12.1. The normalized spacial score (nSPS) is 16.3. The number of fused-ring (bicyclic) bond motifs is 1. The Morgan fingerprint density at radius 1 is 1.32 bits per heavy atom. The lowest BCUT2D eigenvalue weighted by Gasteiger charge is -2.31. The van der Waals surface area contributed by atoms with Crippen molar-refractivity contribution in [3.05, 3.63) is 78.5 Å². The van der Waals surface area contributed by atoms with Gasteiger partial charge in [0.15, 0.2) is 11.6 Å². The van der Waals surface area contributed by atoms with Gasteiger partial charge < -0.3 is 20.5 Å². The molecular formula is C24H31FN6. The van der Waals surface area contributed by atoms with Crippen molar-refractivity contribution in [2.75, 3.05) is 20.1 Å². The molecule has 0 radical (unpaired) electrons. The van der Waals surface area contributed by atoms with E-state index in [0.29, 0.717) is 11.9 Å². The SMILES string of the molecule is C=C(NCc1cc2cc(C)ccc2[nH]1)NC1CCCN(C)C1.C=Cc1ncc(F)cn1. The molecule has 3 aromatic rings. The number of benzene rings is 1. The lowest BCUT2D eigenvalue weighted by Crippen LogP contribution is -2.45. The zero-order chi connectivity index (χ0) is 22.2. The number of aryl methyl sites for hydroxylation is 1. The summed E-state index contributed by atoms with van der Waals surface area (Å²) >= 11 is 0. The third-order valence-electron chi connectivity index (χ3n) is 5.15. The summed E-state index contributed by atoms with van der Waals surface area (Å²) in [7, 11) is 2.18. The molecule has 31 heavy (non-hydrogen) atoms. The van der Waals surface area contributed by atoms with Crippen LogP contribution in [-0.2, 0) is 6.54 Å². The number of aromatic nitrogens is 3. The summed E-state index contributed by atoms with van der Waals surface area (Å²) in [6.07, 6.45) is 6.13. The number of rotatable bonds is 6. The number of H-pyrrole nitrogens is 1. The fourth-order valence-electron chi connectivity index (χ4n) is 3.62. The molecule has 6 nitrogen and oxygen atoms in total. The molecule has 1 aromatic carbocycles. The Morgan fingerprint density at radius 3 is 2.81 bits per heavy atom. The highest BCUT2D eigenvalue weighted by molar-refractivity contribution is 5.81. The molecule has 1 saturated heterocycles. The van der Waals surface area contributed by atoms with Crippen molar-refractivity contribution in [2.24, 2.45) is 0 Å². The summed E-state index contributed by atoms with van der Waals surface area (Å²) in [4.78, 5) is 13.0. The van der Waals surface area contributed by atoms with E-state index >= 15 is 0 Å². The van der Waals surface area contributed by atoms with Crippen molar-refractivity contribution in [3.63, 3.8) is 0 Å². The van der Waals surface area contributed by atoms with Crippen LogP contribution in [0.5, 0.6) is 0 Å². The molecule has 0 amide bonds. The fraction of sp³-hybridized carbons (Fsp3) is 0.333. The maximum Gasteiger partial charge on any atom is 0.159 e. The molecule has 1 aliphatic rings. The van der Waals surface area contributed by atoms with E-state index in [4.69, 9.17) is 0 Å². The van der Waals surface area contributed by atoms with Crippen LogP contribution in [0.4, 0.5) is 4.39 Å². The van der Waals surface area contributed by atoms with Gasteiger partial charge in [0.05, 0.1) is 24.8 Å². The van der Waals surface area contributed by atoms with Crippen LogP contribution in [0.2, 0.25) is 0 Å². The summed E-state index contributed by atoms with van der Waals surface area (Å²) in [5.41, 5.74) is 3.66. The molecule has 3 heterocycles. The number of piperidine rings is 1. The standard InChI is InChI=1S/C18H26N4.C6H5FN2/c1-13-6-7-18-15(9-13)10-17(21-18)11-19-14(2)20-16-5-4-8-22(3)12-16;1-2-6-8-3-5(7)4-9-6/h6-7,9-10,16,19-21H,2,4-5,8,11-12H2,1,3H3;2-4H,1H2. The second kappa shape index (κ2) is 10.7. The van der Waals surface area contributed by atoms with Crippen LogP contribution in [0.3, 0.4) is 0 Å². The lowest BCUT2D eigenvalue weighted by atomic mass is 10.1. The van der Waals surface area contributed by atoms with E-state index in [-0.39, 0.29) is 0 Å². The molecule has 4 rings (SSSR count). The van der Waals surface area contributed by atoms with Crippen LogP contribution in [0.15, 0.2) is 55.6 Å². The third-order valence-corrected chi connectivity index (χ3v) is 5.15.